The number of amides is 2. The van der Waals surface area contributed by atoms with E-state index in [9.17, 15) is 53.8 Å². The lowest BCUT2D eigenvalue weighted by atomic mass is 9.63. The summed E-state index contributed by atoms with van der Waals surface area (Å²) in [6.07, 6.45) is 0.266. The summed E-state index contributed by atoms with van der Waals surface area (Å²) in [7, 11) is -3.31. The second kappa shape index (κ2) is 47.6. The summed E-state index contributed by atoms with van der Waals surface area (Å²) in [4.78, 5) is 56.0. The fourth-order valence-corrected chi connectivity index (χ4v) is 13.1. The first-order valence-corrected chi connectivity index (χ1v) is 41.7. The van der Waals surface area contributed by atoms with Crippen LogP contribution in [0.4, 0.5) is 14.4 Å². The van der Waals surface area contributed by atoms with Crippen molar-refractivity contribution in [3.8, 4) is 6.07 Å². The molecule has 4 heterocycles. The molecule has 4 saturated heterocycles. The highest BCUT2D eigenvalue weighted by Gasteiger charge is 2.56. The summed E-state index contributed by atoms with van der Waals surface area (Å²) < 4.78 is 105. The number of thioether (sulfide) groups is 1. The van der Waals surface area contributed by atoms with Crippen LogP contribution < -0.4 is 0 Å². The third-order valence-electron chi connectivity index (χ3n) is 16.0. The molecule has 0 aliphatic carbocycles. The van der Waals surface area contributed by atoms with Crippen LogP contribution >= 0.6 is 18.9 Å². The van der Waals surface area contributed by atoms with Crippen molar-refractivity contribution in [2.24, 2.45) is 52.3 Å². The van der Waals surface area contributed by atoms with Gasteiger partial charge in [0.05, 0.1) is 54.7 Å². The zero-order valence-electron chi connectivity index (χ0n) is 65.2. The highest BCUT2D eigenvalue weighted by Crippen LogP contribution is 2.51. The molecule has 4 rings (SSSR count). The van der Waals surface area contributed by atoms with Crippen LogP contribution in [0.1, 0.15) is 214 Å². The molecule has 4 atom stereocenters. The highest BCUT2D eigenvalue weighted by atomic mass is 32.2. The van der Waals surface area contributed by atoms with Gasteiger partial charge in [-0.1, -0.05) is 125 Å². The fraction of sp³-hybridized carbons (Fsp3) is 0.910. The van der Waals surface area contributed by atoms with Crippen LogP contribution in [0.25, 0.3) is 0 Å². The number of methoxy groups -OCH3 is 1. The standard InChI is InChI=1S/C10H20O2S.C9H16O3.C7H14O2S.2C6H13NO.C6H10O3.C5H10O3.C5H13OP.C5H12S.C4H7N.C4H10O2S/c1-8(2)10(5)7-13(11,12)6-9(10,3)4;1-6(2)9(5)8(3,4)11-7(10)12-9;1-6(2)7-3-4-10(8,9)5-7;1-5(2)6(8)7(3)4;1-5(2)7(4)6(3)8;1-4(2)5-3-8-6(7)9-5;1-4(2)8-5(6)7-3;1-5(2)7(3,4)6;1-4-6-5(2)3;1-4(2)3-5;1-4(2)7(3,5)6/h8H,6-7H2,1-5H3;6H,1-5H3;6-7H,3-5H2,1-2H3;2*5H,1-4H3;4-5H,3H2,1-2H3;4H,1-3H3;5H,1-4H3;5H,4H2,1-3H3;4H,1-2H3;4H,1-3H3. The molecule has 0 spiro atoms. The molecule has 558 valence electrons. The van der Waals surface area contributed by atoms with E-state index in [-0.39, 0.29) is 57.9 Å². The molecule has 0 saturated carbocycles. The molecule has 0 aromatic carbocycles. The Labute approximate surface area is 574 Å². The van der Waals surface area contributed by atoms with Crippen molar-refractivity contribution in [1.29, 1.82) is 5.26 Å². The minimum Gasteiger partial charge on any atom is -0.438 e. The summed E-state index contributed by atoms with van der Waals surface area (Å²) in [5.74, 6) is 5.37. The van der Waals surface area contributed by atoms with Gasteiger partial charge >= 0.3 is 18.5 Å². The Morgan fingerprint density at radius 2 is 1.17 bits per heavy atom. The van der Waals surface area contributed by atoms with E-state index >= 15 is 0 Å². The van der Waals surface area contributed by atoms with Gasteiger partial charge in [0.2, 0.25) is 11.8 Å². The van der Waals surface area contributed by atoms with E-state index in [1.807, 2.05) is 135 Å². The van der Waals surface area contributed by atoms with Crippen molar-refractivity contribution < 1.29 is 82.2 Å². The number of sulfone groups is 3. The van der Waals surface area contributed by atoms with Crippen LogP contribution in [0.5, 0.6) is 0 Å². The highest BCUT2D eigenvalue weighted by molar-refractivity contribution is 7.99. The lowest BCUT2D eigenvalue weighted by Crippen LogP contribution is -2.48. The maximum Gasteiger partial charge on any atom is 0.509 e. The van der Waals surface area contributed by atoms with Crippen molar-refractivity contribution in [1.82, 2.24) is 9.80 Å². The Bertz CT molecular complexity index is 2540. The lowest BCUT2D eigenvalue weighted by molar-refractivity contribution is -0.132. The average molecular weight is 1430 g/mol. The molecule has 0 aromatic heterocycles. The molecule has 2 amide bonds. The van der Waals surface area contributed by atoms with Crippen LogP contribution in [0.15, 0.2) is 0 Å². The second-order valence-electron chi connectivity index (χ2n) is 29.0. The predicted molar refractivity (Wildman–Crippen MR) is 387 cm³/mol. The molecule has 0 radical (unpaired) electrons. The van der Waals surface area contributed by atoms with Crippen molar-refractivity contribution in [3.05, 3.63) is 0 Å². The van der Waals surface area contributed by atoms with Crippen LogP contribution in [-0.2, 0) is 72.1 Å². The Morgan fingerprint density at radius 1 is 0.742 bits per heavy atom. The third kappa shape index (κ3) is 49.8. The number of nitrogens with zero attached hydrogens (tertiary/aromatic N) is 3. The number of ether oxygens (including phenoxy) is 6. The first-order valence-electron chi connectivity index (χ1n) is 32.4. The van der Waals surface area contributed by atoms with Crippen LogP contribution in [0.3, 0.4) is 0 Å². The van der Waals surface area contributed by atoms with Crippen molar-refractivity contribution >= 4 is 78.7 Å². The quantitative estimate of drug-likeness (QED) is 0.105. The molecule has 21 nitrogen and oxygen atoms in total. The van der Waals surface area contributed by atoms with Crippen molar-refractivity contribution in [2.45, 2.75) is 260 Å². The number of hydrogen-bond donors (Lipinski definition) is 0. The van der Waals surface area contributed by atoms with Gasteiger partial charge in [-0.05, 0) is 147 Å². The van der Waals surface area contributed by atoms with E-state index in [1.54, 1.807) is 65.6 Å². The summed E-state index contributed by atoms with van der Waals surface area (Å²) in [6, 6.07) is 2.35. The topological polar surface area (TPSA) is 290 Å². The molecule has 0 aromatic rings. The van der Waals surface area contributed by atoms with Crippen LogP contribution in [0.2, 0.25) is 0 Å². The Kier molecular flexibility index (Phi) is 52.8. The normalized spacial score (nSPS) is 20.7. The average Bonchev–Trinajstić information content (AvgIpc) is 1.62. The van der Waals surface area contributed by atoms with Gasteiger partial charge in [-0.25, -0.2) is 39.6 Å². The van der Waals surface area contributed by atoms with E-state index < -0.39 is 66.3 Å². The molecule has 4 fully saturated rings. The number of hydrogen-bond acceptors (Lipinski definition) is 20. The van der Waals surface area contributed by atoms with Gasteiger partial charge in [0.25, 0.3) is 0 Å². The number of rotatable bonds is 11. The summed E-state index contributed by atoms with van der Waals surface area (Å²) in [5.41, 5.74) is -0.832. The molecular formula is C67H138N3O18PS4. The monoisotopic (exact) mass is 1430 g/mol. The molecule has 4 aliphatic rings. The first kappa shape index (κ1) is 103. The van der Waals surface area contributed by atoms with Gasteiger partial charge < -0.3 is 42.8 Å². The van der Waals surface area contributed by atoms with Crippen LogP contribution in [-0.4, -0.2) is 194 Å². The second-order valence-corrected chi connectivity index (χ2v) is 41.7. The number of carbonyl (C=O) groups is 5. The Balaban J connectivity index is -0.000000177. The Hall–Kier alpha value is -3.33. The summed E-state index contributed by atoms with van der Waals surface area (Å²) >= 11 is 1.99. The van der Waals surface area contributed by atoms with Crippen LogP contribution in [0, 0.1) is 63.6 Å². The molecule has 0 bridgehead atoms. The lowest BCUT2D eigenvalue weighted by Gasteiger charge is -2.40. The molecule has 4 aliphatic heterocycles. The molecule has 26 heteroatoms. The van der Waals surface area contributed by atoms with E-state index in [2.05, 4.69) is 83.4 Å². The zero-order chi connectivity index (χ0) is 76.2. The minimum absolute atomic E-state index is 0.0301. The maximum absolute atomic E-state index is 11.6. The maximum atomic E-state index is 11.6. The van der Waals surface area contributed by atoms with Gasteiger partial charge in [-0.2, -0.15) is 17.0 Å². The smallest absolute Gasteiger partial charge is 0.438 e. The predicted octanol–water partition coefficient (Wildman–Crippen LogP) is 15.3. The first-order chi connectivity index (χ1) is 41.3. The van der Waals surface area contributed by atoms with Gasteiger partial charge in [0.1, 0.15) is 28.1 Å². The van der Waals surface area contributed by atoms with Gasteiger partial charge in [0.15, 0.2) is 25.3 Å². The van der Waals surface area contributed by atoms with Crippen molar-refractivity contribution in [2.75, 3.05) is 83.2 Å². The largest absolute Gasteiger partial charge is 0.509 e. The number of carbonyl (C=O) groups excluding carboxylic acids is 5. The van der Waals surface area contributed by atoms with Crippen molar-refractivity contribution in [3.63, 3.8) is 0 Å². The van der Waals surface area contributed by atoms with E-state index in [0.717, 1.165) is 11.7 Å². The van der Waals surface area contributed by atoms with E-state index in [4.69, 9.17) is 19.5 Å². The number of cyclic esters (lactones) is 4. The summed E-state index contributed by atoms with van der Waals surface area (Å²) in [6.45, 7) is 62.8. The molecular weight excluding hydrogens is 1290 g/mol. The Morgan fingerprint density at radius 3 is 1.27 bits per heavy atom. The van der Waals surface area contributed by atoms with Gasteiger partial charge in [-0.3, -0.25) is 9.59 Å². The van der Waals surface area contributed by atoms with E-state index in [1.165, 1.54) is 19.1 Å². The molecule has 0 N–H and O–H groups in total. The summed E-state index contributed by atoms with van der Waals surface area (Å²) in [5, 5.41) is 8.48. The SMILES string of the molecule is CC(=O)N(C)C(C)C.CC(C)C#N.CC(C)C(=O)N(C)C.CC(C)C1(C)CS(=O)(=O)CC1(C)C.CC(C)C1(C)OC(=O)OC1(C)C.CC(C)C1CCS(=O)(=O)C1.CC(C)C1COC(=O)O1.CC(C)P(C)(C)=O.CC(C)S(C)(=O)=O.CCSC(C)C.COC(=O)OC(C)C. The van der Waals surface area contributed by atoms with Gasteiger partial charge in [0, 0.05) is 57.9 Å². The third-order valence-corrected chi connectivity index (χ3v) is 25.2. The van der Waals surface area contributed by atoms with Gasteiger partial charge in [-0.15, -0.1) is 0 Å². The zero-order valence-corrected chi connectivity index (χ0v) is 69.4. The number of nitriles is 1. The minimum atomic E-state index is -2.81. The fourth-order valence-electron chi connectivity index (χ4n) is 7.28. The molecule has 4 unspecified atom stereocenters. The molecule has 93 heavy (non-hydrogen) atoms. The van der Waals surface area contributed by atoms with E-state index in [0.29, 0.717) is 65.0 Å².